The summed E-state index contributed by atoms with van der Waals surface area (Å²) in [6.45, 7) is 5.87. The maximum Gasteiger partial charge on any atom is 0.410 e. The van der Waals surface area contributed by atoms with Crippen LogP contribution in [-0.2, 0) is 14.3 Å². The molecule has 0 saturated carbocycles. The Morgan fingerprint density at radius 1 is 1.39 bits per heavy atom. The summed E-state index contributed by atoms with van der Waals surface area (Å²) in [5.41, 5.74) is 3.76. The highest BCUT2D eigenvalue weighted by molar-refractivity contribution is 5.85. The lowest BCUT2D eigenvalue weighted by atomic mass is 9.96. The zero-order valence-corrected chi connectivity index (χ0v) is 16.2. The van der Waals surface area contributed by atoms with Crippen LogP contribution in [-0.4, -0.2) is 59.1 Å². The molecule has 1 aliphatic carbocycles. The van der Waals surface area contributed by atoms with Gasteiger partial charge in [-0.1, -0.05) is 36.9 Å². The van der Waals surface area contributed by atoms with Gasteiger partial charge >= 0.3 is 12.1 Å². The fourth-order valence-corrected chi connectivity index (χ4v) is 4.34. The molecule has 3 atom stereocenters. The van der Waals surface area contributed by atoms with Crippen molar-refractivity contribution in [1.29, 1.82) is 0 Å². The molecular formula is C21H24N2O5. The van der Waals surface area contributed by atoms with Crippen molar-refractivity contribution in [3.63, 3.8) is 0 Å². The fourth-order valence-electron chi connectivity index (χ4n) is 4.34. The van der Waals surface area contributed by atoms with E-state index in [1.54, 1.807) is 13.1 Å². The minimum Gasteiger partial charge on any atom is -0.481 e. The van der Waals surface area contributed by atoms with Gasteiger partial charge in [0.2, 0.25) is 5.91 Å². The van der Waals surface area contributed by atoms with E-state index in [1.807, 2.05) is 31.2 Å². The van der Waals surface area contributed by atoms with Crippen molar-refractivity contribution in [3.8, 4) is 0 Å². The van der Waals surface area contributed by atoms with Crippen molar-refractivity contribution in [2.75, 3.05) is 14.2 Å². The number of hydrogen-bond donors (Lipinski definition) is 1. The van der Waals surface area contributed by atoms with Crippen LogP contribution in [0.2, 0.25) is 0 Å². The number of methoxy groups -OCH3 is 1. The normalized spacial score (nSPS) is 23.6. The lowest BCUT2D eigenvalue weighted by Crippen LogP contribution is -2.49. The van der Waals surface area contributed by atoms with Gasteiger partial charge in [-0.3, -0.25) is 14.5 Å². The van der Waals surface area contributed by atoms with Crippen LogP contribution in [0.1, 0.15) is 36.9 Å². The summed E-state index contributed by atoms with van der Waals surface area (Å²) in [4.78, 5) is 39.6. The Morgan fingerprint density at radius 2 is 2.07 bits per heavy atom. The number of carboxylic acid groups (broad SMARTS) is 1. The number of hydrogen-bond acceptors (Lipinski definition) is 4. The Bertz CT molecular complexity index is 875. The maximum absolute atomic E-state index is 12.9. The Kier molecular flexibility index (Phi) is 5.27. The van der Waals surface area contributed by atoms with Crippen molar-refractivity contribution >= 4 is 23.5 Å². The molecule has 1 saturated heterocycles. The molecule has 1 aliphatic heterocycles. The highest BCUT2D eigenvalue weighted by Crippen LogP contribution is 2.46. The number of nitrogens with zero attached hydrogens (tertiary/aromatic N) is 2. The summed E-state index contributed by atoms with van der Waals surface area (Å²) < 4.78 is 5.06. The number of ether oxygens (including phenoxy) is 1. The van der Waals surface area contributed by atoms with E-state index in [-0.39, 0.29) is 18.7 Å². The lowest BCUT2D eigenvalue weighted by molar-refractivity contribution is -0.139. The van der Waals surface area contributed by atoms with E-state index < -0.39 is 30.2 Å². The quantitative estimate of drug-likeness (QED) is 0.843. The van der Waals surface area contributed by atoms with Gasteiger partial charge in [-0.05, 0) is 29.2 Å². The van der Waals surface area contributed by atoms with Gasteiger partial charge in [0.15, 0.2) is 0 Å². The predicted molar refractivity (Wildman–Crippen MR) is 103 cm³/mol. The Morgan fingerprint density at radius 3 is 2.68 bits per heavy atom. The van der Waals surface area contributed by atoms with E-state index in [4.69, 9.17) is 4.74 Å². The molecule has 1 heterocycles. The molecule has 3 rings (SSSR count). The first kappa shape index (κ1) is 19.7. The van der Waals surface area contributed by atoms with Gasteiger partial charge < -0.3 is 14.7 Å². The highest BCUT2D eigenvalue weighted by atomic mass is 16.5. The molecule has 7 nitrogen and oxygen atoms in total. The van der Waals surface area contributed by atoms with Crippen LogP contribution in [0, 0.1) is 0 Å². The number of carboxylic acids is 1. The molecule has 28 heavy (non-hydrogen) atoms. The van der Waals surface area contributed by atoms with Gasteiger partial charge in [-0.25, -0.2) is 4.79 Å². The molecule has 1 aromatic rings. The van der Waals surface area contributed by atoms with E-state index in [0.29, 0.717) is 0 Å². The van der Waals surface area contributed by atoms with Gasteiger partial charge in [0.1, 0.15) is 0 Å². The van der Waals surface area contributed by atoms with Gasteiger partial charge in [0.25, 0.3) is 0 Å². The summed E-state index contributed by atoms with van der Waals surface area (Å²) in [5, 5.41) is 9.34. The van der Waals surface area contributed by atoms with Gasteiger partial charge in [-0.15, -0.1) is 0 Å². The van der Waals surface area contributed by atoms with E-state index in [0.717, 1.165) is 22.3 Å². The van der Waals surface area contributed by atoms with Gasteiger partial charge in [-0.2, -0.15) is 0 Å². The second-order valence-electron chi connectivity index (χ2n) is 7.09. The second kappa shape index (κ2) is 7.50. The minimum atomic E-state index is -1.02. The molecule has 1 fully saturated rings. The fraction of sp³-hybridized carbons (Fsp3) is 0.381. The zero-order chi connectivity index (χ0) is 20.6. The van der Waals surface area contributed by atoms with E-state index >= 15 is 0 Å². The van der Waals surface area contributed by atoms with Crippen molar-refractivity contribution in [2.45, 2.75) is 37.9 Å². The minimum absolute atomic E-state index is 0.0473. The third kappa shape index (κ3) is 3.06. The number of amides is 2. The van der Waals surface area contributed by atoms with Crippen LogP contribution < -0.4 is 0 Å². The predicted octanol–water partition coefficient (Wildman–Crippen LogP) is 2.84. The van der Waals surface area contributed by atoms with E-state index in [2.05, 4.69) is 6.58 Å². The third-order valence-corrected chi connectivity index (χ3v) is 5.73. The molecular weight excluding hydrogens is 360 g/mol. The summed E-state index contributed by atoms with van der Waals surface area (Å²) in [7, 11) is 2.86. The number of rotatable bonds is 5. The molecule has 1 unspecified atom stereocenters. The number of likely N-dealkylation sites (N-methyl/N-ethyl adjacent to an activating group) is 1. The van der Waals surface area contributed by atoms with Gasteiger partial charge in [0.05, 0.1) is 31.7 Å². The van der Waals surface area contributed by atoms with Crippen LogP contribution in [0.5, 0.6) is 0 Å². The van der Waals surface area contributed by atoms with E-state index in [9.17, 15) is 19.5 Å². The largest absolute Gasteiger partial charge is 0.481 e. The molecule has 1 N–H and O–H groups in total. The molecule has 0 aromatic heterocycles. The first-order valence-electron chi connectivity index (χ1n) is 9.08. The van der Waals surface area contributed by atoms with Crippen LogP contribution in [0.4, 0.5) is 4.79 Å². The third-order valence-electron chi connectivity index (χ3n) is 5.73. The Labute approximate surface area is 163 Å². The zero-order valence-electron chi connectivity index (χ0n) is 16.2. The van der Waals surface area contributed by atoms with Crippen molar-refractivity contribution in [3.05, 3.63) is 53.6 Å². The van der Waals surface area contributed by atoms with Crippen LogP contribution in [0.15, 0.2) is 42.5 Å². The Balaban J connectivity index is 2.13. The molecule has 1 aromatic carbocycles. The van der Waals surface area contributed by atoms with Crippen LogP contribution >= 0.6 is 0 Å². The molecule has 7 heteroatoms. The monoisotopic (exact) mass is 384 g/mol. The number of carbonyl (C=O) groups is 3. The molecule has 0 spiro atoms. The molecule has 0 radical (unpaired) electrons. The van der Waals surface area contributed by atoms with Crippen LogP contribution in [0.25, 0.3) is 5.57 Å². The number of likely N-dealkylation sites (tertiary alicyclic amines) is 1. The standard InChI is InChI=1S/C21H24N2O5/c1-5-13-12(2)14-8-6-7-9-15(14)20(13)23(21(27)28-4)17-10-18(24)22(3)16(17)11-19(25)26/h5-9,16-17,20H,1,10-11H2,2-4H3,(H,25,26)/t16-,17+,20?/m1/s1. The smallest absolute Gasteiger partial charge is 0.410 e. The van der Waals surface area contributed by atoms with Crippen molar-refractivity contribution in [1.82, 2.24) is 9.80 Å². The number of benzene rings is 1. The molecule has 2 amide bonds. The van der Waals surface area contributed by atoms with E-state index in [1.165, 1.54) is 16.9 Å². The van der Waals surface area contributed by atoms with Crippen molar-refractivity contribution in [2.24, 2.45) is 0 Å². The lowest BCUT2D eigenvalue weighted by Gasteiger charge is -2.37. The highest BCUT2D eigenvalue weighted by Gasteiger charge is 2.48. The summed E-state index contributed by atoms with van der Waals surface area (Å²) in [5.74, 6) is -1.22. The topological polar surface area (TPSA) is 87.2 Å². The molecule has 148 valence electrons. The van der Waals surface area contributed by atoms with Crippen molar-refractivity contribution < 1.29 is 24.2 Å². The maximum atomic E-state index is 12.9. The first-order chi connectivity index (χ1) is 13.3. The Hall–Kier alpha value is -3.09. The average molecular weight is 384 g/mol. The van der Waals surface area contributed by atoms with Gasteiger partial charge in [0, 0.05) is 13.5 Å². The summed E-state index contributed by atoms with van der Waals surface area (Å²) in [6, 6.07) is 5.98. The number of aliphatic carboxylic acids is 1. The number of carbonyl (C=O) groups excluding carboxylic acids is 2. The van der Waals surface area contributed by atoms with Crippen LogP contribution in [0.3, 0.4) is 0 Å². The molecule has 2 aliphatic rings. The number of allylic oxidation sites excluding steroid dienone is 1. The first-order valence-corrected chi connectivity index (χ1v) is 9.08. The summed E-state index contributed by atoms with van der Waals surface area (Å²) in [6.07, 6.45) is 0.909. The number of fused-ring (bicyclic) bond motifs is 1. The second-order valence-corrected chi connectivity index (χ2v) is 7.09. The SMILES string of the molecule is C=CC1=C(C)c2ccccc2C1N(C(=O)OC)[C@H]1CC(=O)N(C)[C@@H]1CC(=O)O. The molecule has 0 bridgehead atoms. The average Bonchev–Trinajstić information content (AvgIpc) is 3.11. The summed E-state index contributed by atoms with van der Waals surface area (Å²) >= 11 is 0.